The Labute approximate surface area is 251 Å². The molecule has 4 rings (SSSR count). The Hall–Kier alpha value is -4.87. The number of hydrogen-bond donors (Lipinski definition) is 3. The largest absolute Gasteiger partial charge is 0.497 e. The van der Waals surface area contributed by atoms with Gasteiger partial charge in [0.2, 0.25) is 6.17 Å². The summed E-state index contributed by atoms with van der Waals surface area (Å²) in [7, 11) is 1.22. The molecule has 0 spiro atoms. The zero-order valence-electron chi connectivity index (χ0n) is 23.8. The number of nitrogens with one attached hydrogen (secondary N) is 2. The number of allylic oxidation sites excluding steroid dienone is 2. The van der Waals surface area contributed by atoms with Crippen molar-refractivity contribution in [3.05, 3.63) is 95.1 Å². The fourth-order valence-electron chi connectivity index (χ4n) is 4.70. The van der Waals surface area contributed by atoms with Crippen LogP contribution < -0.4 is 20.3 Å². The molecule has 1 aliphatic rings. The highest BCUT2D eigenvalue weighted by molar-refractivity contribution is 6.02. The highest BCUT2D eigenvalue weighted by Crippen LogP contribution is 2.35. The molecule has 1 aliphatic carbocycles. The molecule has 1 unspecified atom stereocenters. The highest BCUT2D eigenvalue weighted by atomic mass is 19.4. The first-order valence-corrected chi connectivity index (χ1v) is 13.8. The van der Waals surface area contributed by atoms with E-state index in [4.69, 9.17) is 9.84 Å². The lowest BCUT2D eigenvalue weighted by molar-refractivity contribution is -0.142. The zero-order chi connectivity index (χ0) is 31.9. The zero-order valence-corrected chi connectivity index (χ0v) is 23.8. The number of nitrogens with zero attached hydrogens (tertiary/aromatic N) is 1. The molecule has 0 aliphatic heterocycles. The van der Waals surface area contributed by atoms with Crippen molar-refractivity contribution in [1.29, 1.82) is 0 Å². The molecule has 0 heterocycles. The molecule has 0 bridgehead atoms. The van der Waals surface area contributed by atoms with E-state index >= 15 is 0 Å². The van der Waals surface area contributed by atoms with E-state index < -0.39 is 42.4 Å². The van der Waals surface area contributed by atoms with Crippen LogP contribution in [-0.4, -0.2) is 42.8 Å². The lowest BCUT2D eigenvalue weighted by Gasteiger charge is -2.25. The van der Waals surface area contributed by atoms with Crippen LogP contribution in [0.1, 0.15) is 52.7 Å². The number of halogens is 4. The van der Waals surface area contributed by atoms with Gasteiger partial charge in [0.1, 0.15) is 5.75 Å². The maximum Gasteiger partial charge on any atom is 0.416 e. The van der Waals surface area contributed by atoms with Gasteiger partial charge in [0.05, 0.1) is 25.8 Å². The highest BCUT2D eigenvalue weighted by Gasteiger charge is 2.32. The number of carbonyl (C=O) groups excluding carboxylic acids is 2. The molecule has 3 N–H and O–H groups in total. The molecule has 3 amide bonds. The number of amides is 3. The fourth-order valence-corrected chi connectivity index (χ4v) is 4.70. The number of carbonyl (C=O) groups is 3. The van der Waals surface area contributed by atoms with Crippen LogP contribution in [0, 0.1) is 0 Å². The number of benzene rings is 3. The summed E-state index contributed by atoms with van der Waals surface area (Å²) in [4.78, 5) is 37.9. The Morgan fingerprint density at radius 2 is 1.70 bits per heavy atom. The van der Waals surface area contributed by atoms with Gasteiger partial charge < -0.3 is 20.5 Å². The van der Waals surface area contributed by atoms with Crippen LogP contribution in [0.3, 0.4) is 0 Å². The molecule has 0 saturated carbocycles. The molecular weight excluding hydrogens is 582 g/mol. The van der Waals surface area contributed by atoms with Crippen molar-refractivity contribution in [3.8, 4) is 5.75 Å². The summed E-state index contributed by atoms with van der Waals surface area (Å²) in [6.07, 6.45) is -0.555. The number of hydrogen-bond acceptors (Lipinski definition) is 4. The summed E-state index contributed by atoms with van der Waals surface area (Å²) in [6.45, 7) is -0.714. The molecular formula is C32H31F4N3O5. The molecule has 1 atom stereocenters. The smallest absolute Gasteiger partial charge is 0.416 e. The second-order valence-corrected chi connectivity index (χ2v) is 10.2. The monoisotopic (exact) mass is 613 g/mol. The molecule has 0 saturated heterocycles. The van der Waals surface area contributed by atoms with E-state index in [-0.39, 0.29) is 23.5 Å². The van der Waals surface area contributed by atoms with E-state index in [1.54, 1.807) is 24.3 Å². The summed E-state index contributed by atoms with van der Waals surface area (Å²) >= 11 is 0. The Bertz CT molecular complexity index is 1520. The van der Waals surface area contributed by atoms with Crippen molar-refractivity contribution < 1.29 is 41.8 Å². The maximum atomic E-state index is 13.6. The first-order chi connectivity index (χ1) is 20.9. The number of urea groups is 1. The Balaban J connectivity index is 1.59. The molecule has 44 heavy (non-hydrogen) atoms. The van der Waals surface area contributed by atoms with Gasteiger partial charge in [-0.2, -0.15) is 13.2 Å². The third-order valence-corrected chi connectivity index (χ3v) is 7.07. The van der Waals surface area contributed by atoms with Crippen molar-refractivity contribution in [2.75, 3.05) is 23.9 Å². The Morgan fingerprint density at radius 1 is 1.00 bits per heavy atom. The van der Waals surface area contributed by atoms with Crippen molar-refractivity contribution in [3.63, 3.8) is 0 Å². The molecule has 3 aromatic carbocycles. The third-order valence-electron chi connectivity index (χ3n) is 7.07. The number of methoxy groups -OCH3 is 1. The predicted octanol–water partition coefficient (Wildman–Crippen LogP) is 7.06. The number of ether oxygens (including phenoxy) is 1. The lowest BCUT2D eigenvalue weighted by atomic mass is 9.93. The minimum atomic E-state index is -4.66. The average molecular weight is 614 g/mol. The number of aliphatic carboxylic acids is 1. The molecule has 8 nitrogen and oxygen atoms in total. The van der Waals surface area contributed by atoms with Crippen molar-refractivity contribution in [2.24, 2.45) is 0 Å². The lowest BCUT2D eigenvalue weighted by Crippen LogP contribution is -2.35. The summed E-state index contributed by atoms with van der Waals surface area (Å²) < 4.78 is 58.8. The van der Waals surface area contributed by atoms with Crippen LogP contribution in [-0.2, 0) is 17.5 Å². The van der Waals surface area contributed by atoms with Gasteiger partial charge >= 0.3 is 18.2 Å². The number of rotatable bonds is 10. The molecule has 0 fully saturated rings. The van der Waals surface area contributed by atoms with E-state index in [1.165, 1.54) is 35.8 Å². The van der Waals surface area contributed by atoms with Crippen LogP contribution in [0.25, 0.3) is 5.57 Å². The van der Waals surface area contributed by atoms with E-state index in [0.717, 1.165) is 43.4 Å². The normalized spacial score (nSPS) is 13.8. The van der Waals surface area contributed by atoms with Gasteiger partial charge in [-0.05, 0) is 78.8 Å². The first kappa shape index (κ1) is 32.1. The van der Waals surface area contributed by atoms with Crippen LogP contribution in [0.4, 0.5) is 33.7 Å². The van der Waals surface area contributed by atoms with Crippen molar-refractivity contribution >= 4 is 34.9 Å². The predicted molar refractivity (Wildman–Crippen MR) is 157 cm³/mol. The standard InChI is InChI=1S/C32H31F4N3O5/c1-44-27-16-24(32(34,35)36)15-25(17-27)38-31(43)39(26-13-11-22(12-14-26)21-5-3-2-4-6-21)19-20-7-9-23(10-8-20)29(40)37-18-28(33)30(41)42/h5,7-17,28H,2-4,6,18-19H2,1H3,(H,37,40)(H,38,43)(H,41,42). The van der Waals surface area contributed by atoms with E-state index in [1.807, 2.05) is 12.1 Å². The molecule has 12 heteroatoms. The van der Waals surface area contributed by atoms with E-state index in [9.17, 15) is 31.9 Å². The summed E-state index contributed by atoms with van der Waals surface area (Å²) in [5.41, 5.74) is 2.33. The third kappa shape index (κ3) is 8.36. The van der Waals surface area contributed by atoms with Crippen LogP contribution in [0.15, 0.2) is 72.8 Å². The topological polar surface area (TPSA) is 108 Å². The first-order valence-electron chi connectivity index (χ1n) is 13.8. The second kappa shape index (κ2) is 14.1. The van der Waals surface area contributed by atoms with Gasteiger partial charge in [-0.25, -0.2) is 14.0 Å². The maximum absolute atomic E-state index is 13.6. The van der Waals surface area contributed by atoms with Gasteiger partial charge in [-0.1, -0.05) is 30.3 Å². The number of carboxylic acid groups (broad SMARTS) is 1. The van der Waals surface area contributed by atoms with Gasteiger partial charge in [-0.15, -0.1) is 0 Å². The van der Waals surface area contributed by atoms with Crippen LogP contribution in [0.2, 0.25) is 0 Å². The minimum Gasteiger partial charge on any atom is -0.497 e. The van der Waals surface area contributed by atoms with E-state index in [2.05, 4.69) is 16.7 Å². The molecule has 0 radical (unpaired) electrons. The van der Waals surface area contributed by atoms with Gasteiger partial charge in [0.25, 0.3) is 5.91 Å². The number of anilines is 2. The number of alkyl halides is 4. The second-order valence-electron chi connectivity index (χ2n) is 10.2. The minimum absolute atomic E-state index is 0.0164. The molecule has 0 aromatic heterocycles. The summed E-state index contributed by atoms with van der Waals surface area (Å²) in [6, 6.07) is 15.5. The SMILES string of the molecule is COc1cc(NC(=O)N(Cc2ccc(C(=O)NCC(F)C(=O)O)cc2)c2ccc(C3=CCCCC3)cc2)cc(C(F)(F)F)c1. The van der Waals surface area contributed by atoms with Crippen molar-refractivity contribution in [1.82, 2.24) is 5.32 Å². The number of carboxylic acids is 1. The summed E-state index contributed by atoms with van der Waals surface area (Å²) in [5.74, 6) is -2.45. The molecule has 3 aromatic rings. The Kier molecular flexibility index (Phi) is 10.2. The van der Waals surface area contributed by atoms with Gasteiger partial charge in [0, 0.05) is 23.0 Å². The quantitative estimate of drug-likeness (QED) is 0.212. The fraction of sp³-hybridized carbons (Fsp3) is 0.281. The molecule has 232 valence electrons. The average Bonchev–Trinajstić information content (AvgIpc) is 3.02. The van der Waals surface area contributed by atoms with E-state index in [0.29, 0.717) is 11.3 Å². The Morgan fingerprint density at radius 3 is 2.30 bits per heavy atom. The van der Waals surface area contributed by atoms with Crippen molar-refractivity contribution in [2.45, 2.75) is 44.6 Å². The van der Waals surface area contributed by atoms with Crippen LogP contribution in [0.5, 0.6) is 5.75 Å². The van der Waals surface area contributed by atoms with Gasteiger partial charge in [-0.3, -0.25) is 9.69 Å². The van der Waals surface area contributed by atoms with Gasteiger partial charge in [0.15, 0.2) is 0 Å². The summed E-state index contributed by atoms with van der Waals surface area (Å²) in [5, 5.41) is 13.4. The van der Waals surface area contributed by atoms with Crippen LogP contribution >= 0.6 is 0 Å².